The second-order valence-corrected chi connectivity index (χ2v) is 6.68. The third kappa shape index (κ3) is 1.91. The molecular formula is C17H18N4O2. The third-order valence-corrected chi connectivity index (χ3v) is 5.27. The van der Waals surface area contributed by atoms with Gasteiger partial charge in [0.05, 0.1) is 17.9 Å². The summed E-state index contributed by atoms with van der Waals surface area (Å²) >= 11 is 0. The second-order valence-electron chi connectivity index (χ2n) is 6.68. The number of anilines is 1. The lowest BCUT2D eigenvalue weighted by atomic mass is 9.86. The summed E-state index contributed by atoms with van der Waals surface area (Å²) in [6.45, 7) is 3.54. The van der Waals surface area contributed by atoms with E-state index in [0.717, 1.165) is 30.0 Å². The van der Waals surface area contributed by atoms with Gasteiger partial charge in [-0.05, 0) is 18.6 Å². The number of rotatable bonds is 1. The Bertz CT molecular complexity index is 807. The van der Waals surface area contributed by atoms with Gasteiger partial charge in [0.15, 0.2) is 0 Å². The minimum absolute atomic E-state index is 0.0299. The van der Waals surface area contributed by atoms with Crippen molar-refractivity contribution >= 4 is 17.4 Å². The minimum Gasteiger partial charge on any atom is -0.366 e. The van der Waals surface area contributed by atoms with Crippen molar-refractivity contribution in [3.8, 4) is 0 Å². The lowest BCUT2D eigenvalue weighted by Crippen LogP contribution is -2.35. The predicted molar refractivity (Wildman–Crippen MR) is 85.3 cm³/mol. The number of likely N-dealkylation sites (tertiary alicyclic amines) is 1. The summed E-state index contributed by atoms with van der Waals surface area (Å²) in [5.41, 5.74) is 2.76. The first kappa shape index (κ1) is 13.1. The lowest BCUT2D eigenvalue weighted by molar-refractivity contribution is 0.0892. The molecule has 1 N–H and O–H groups in total. The lowest BCUT2D eigenvalue weighted by Gasteiger charge is -2.19. The number of carbonyl (C=O) groups is 1. The summed E-state index contributed by atoms with van der Waals surface area (Å²) in [7, 11) is 0. The molecule has 118 valence electrons. The summed E-state index contributed by atoms with van der Waals surface area (Å²) in [5.74, 6) is 0.905. The number of urea groups is 1. The van der Waals surface area contributed by atoms with E-state index in [1.165, 1.54) is 0 Å². The standard InChI is InChI=1S/C17H18N4O2/c1-10-6-11(7-20-5-4-18-16(10)20)19-17(22)21-8-12-13(9-21)15-3-2-14(12)23-15/h2-7,12-15H,8-9H2,1H3,(H,19,22). The largest absolute Gasteiger partial charge is 0.366 e. The molecule has 6 heteroatoms. The highest BCUT2D eigenvalue weighted by Gasteiger charge is 2.51. The van der Waals surface area contributed by atoms with Crippen LogP contribution in [0.5, 0.6) is 0 Å². The van der Waals surface area contributed by atoms with E-state index in [1.807, 2.05) is 34.7 Å². The highest BCUT2D eigenvalue weighted by molar-refractivity contribution is 5.89. The van der Waals surface area contributed by atoms with Gasteiger partial charge in [-0.15, -0.1) is 0 Å². The van der Waals surface area contributed by atoms with Crippen LogP contribution >= 0.6 is 0 Å². The summed E-state index contributed by atoms with van der Waals surface area (Å²) < 4.78 is 7.79. The Balaban J connectivity index is 1.33. The Morgan fingerprint density at radius 1 is 1.30 bits per heavy atom. The average Bonchev–Trinajstić information content (AvgIpc) is 3.28. The number of ether oxygens (including phenoxy) is 1. The van der Waals surface area contributed by atoms with Crippen LogP contribution in [0.2, 0.25) is 0 Å². The topological polar surface area (TPSA) is 58.9 Å². The summed E-state index contributed by atoms with van der Waals surface area (Å²) in [4.78, 5) is 18.8. The monoisotopic (exact) mass is 310 g/mol. The first-order chi connectivity index (χ1) is 11.2. The Hall–Kier alpha value is -2.34. The number of pyridine rings is 1. The Kier molecular flexibility index (Phi) is 2.61. The first-order valence-corrected chi connectivity index (χ1v) is 8.02. The van der Waals surface area contributed by atoms with Gasteiger partial charge in [0.25, 0.3) is 0 Å². The molecule has 2 fully saturated rings. The van der Waals surface area contributed by atoms with Crippen LogP contribution in [0.3, 0.4) is 0 Å². The molecule has 2 aromatic rings. The summed E-state index contributed by atoms with van der Waals surface area (Å²) in [5, 5.41) is 3.02. The number of aryl methyl sites for hydroxylation is 1. The van der Waals surface area contributed by atoms with Gasteiger partial charge >= 0.3 is 6.03 Å². The van der Waals surface area contributed by atoms with Crippen LogP contribution < -0.4 is 5.32 Å². The van der Waals surface area contributed by atoms with Crippen molar-refractivity contribution in [2.75, 3.05) is 18.4 Å². The van der Waals surface area contributed by atoms with Gasteiger partial charge in [-0.25, -0.2) is 9.78 Å². The average molecular weight is 310 g/mol. The van der Waals surface area contributed by atoms with Crippen LogP contribution in [0.4, 0.5) is 10.5 Å². The van der Waals surface area contributed by atoms with Crippen molar-refractivity contribution in [2.24, 2.45) is 11.8 Å². The molecule has 23 heavy (non-hydrogen) atoms. The zero-order chi connectivity index (χ0) is 15.6. The molecule has 2 saturated heterocycles. The van der Waals surface area contributed by atoms with Gasteiger partial charge in [0.2, 0.25) is 0 Å². The van der Waals surface area contributed by atoms with Gasteiger partial charge in [-0.3, -0.25) is 0 Å². The molecule has 6 nitrogen and oxygen atoms in total. The molecule has 0 aromatic carbocycles. The number of nitrogens with zero attached hydrogens (tertiary/aromatic N) is 3. The number of amides is 2. The minimum atomic E-state index is -0.0299. The fraction of sp³-hybridized carbons (Fsp3) is 0.412. The maximum atomic E-state index is 12.6. The molecule has 2 bridgehead atoms. The second kappa shape index (κ2) is 4.58. The van der Waals surface area contributed by atoms with E-state index in [9.17, 15) is 4.79 Å². The van der Waals surface area contributed by atoms with Crippen LogP contribution in [-0.2, 0) is 4.74 Å². The molecule has 2 aromatic heterocycles. The summed E-state index contributed by atoms with van der Waals surface area (Å²) in [6.07, 6.45) is 10.2. The third-order valence-electron chi connectivity index (χ3n) is 5.27. The number of nitrogens with one attached hydrogen (secondary N) is 1. The van der Waals surface area contributed by atoms with Crippen LogP contribution in [0.1, 0.15) is 5.56 Å². The van der Waals surface area contributed by atoms with Gasteiger partial charge in [-0.1, -0.05) is 12.2 Å². The van der Waals surface area contributed by atoms with Crippen molar-refractivity contribution in [3.05, 3.63) is 42.4 Å². The zero-order valence-electron chi connectivity index (χ0n) is 12.8. The molecule has 5 rings (SSSR count). The molecule has 0 radical (unpaired) electrons. The molecule has 0 saturated carbocycles. The van der Waals surface area contributed by atoms with Crippen molar-refractivity contribution in [2.45, 2.75) is 19.1 Å². The number of hydrogen-bond donors (Lipinski definition) is 1. The van der Waals surface area contributed by atoms with Crippen molar-refractivity contribution in [1.29, 1.82) is 0 Å². The van der Waals surface area contributed by atoms with E-state index in [-0.39, 0.29) is 18.2 Å². The number of hydrogen-bond acceptors (Lipinski definition) is 3. The Morgan fingerprint density at radius 2 is 2.04 bits per heavy atom. The highest BCUT2D eigenvalue weighted by atomic mass is 16.5. The number of imidazole rings is 1. The SMILES string of the molecule is Cc1cc(NC(=O)N2CC3C4C=CC(O4)C3C2)cn2ccnc12. The van der Waals surface area contributed by atoms with E-state index in [1.54, 1.807) is 6.20 Å². The molecule has 2 amide bonds. The van der Waals surface area contributed by atoms with Gasteiger partial charge in [0.1, 0.15) is 5.65 Å². The van der Waals surface area contributed by atoms with E-state index < -0.39 is 0 Å². The van der Waals surface area contributed by atoms with Crippen LogP contribution in [0.25, 0.3) is 5.65 Å². The number of carbonyl (C=O) groups excluding carboxylic acids is 1. The zero-order valence-corrected chi connectivity index (χ0v) is 12.8. The van der Waals surface area contributed by atoms with Crippen molar-refractivity contribution in [3.63, 3.8) is 0 Å². The van der Waals surface area contributed by atoms with E-state index in [4.69, 9.17) is 4.74 Å². The maximum absolute atomic E-state index is 12.6. The van der Waals surface area contributed by atoms with Crippen LogP contribution in [0.15, 0.2) is 36.8 Å². The number of fused-ring (bicyclic) bond motifs is 6. The first-order valence-electron chi connectivity index (χ1n) is 8.02. The molecule has 3 aliphatic heterocycles. The fourth-order valence-corrected chi connectivity index (χ4v) is 4.17. The Labute approximate surface area is 133 Å². The normalized spacial score (nSPS) is 31.1. The van der Waals surface area contributed by atoms with Gasteiger partial charge in [0, 0.05) is 43.5 Å². The molecular weight excluding hydrogens is 292 g/mol. The maximum Gasteiger partial charge on any atom is 0.321 e. The van der Waals surface area contributed by atoms with Crippen molar-refractivity contribution in [1.82, 2.24) is 14.3 Å². The molecule has 0 spiro atoms. The molecule has 4 unspecified atom stereocenters. The highest BCUT2D eigenvalue weighted by Crippen LogP contribution is 2.43. The van der Waals surface area contributed by atoms with E-state index in [2.05, 4.69) is 22.5 Å². The Morgan fingerprint density at radius 3 is 2.78 bits per heavy atom. The van der Waals surface area contributed by atoms with E-state index >= 15 is 0 Å². The predicted octanol–water partition coefficient (Wildman–Crippen LogP) is 2.06. The number of aromatic nitrogens is 2. The molecule has 0 aliphatic carbocycles. The summed E-state index contributed by atoms with van der Waals surface area (Å²) in [6, 6.07) is 1.93. The molecule has 4 atom stereocenters. The molecule has 5 heterocycles. The van der Waals surface area contributed by atoms with Crippen LogP contribution in [0, 0.1) is 18.8 Å². The fourth-order valence-electron chi connectivity index (χ4n) is 4.17. The smallest absolute Gasteiger partial charge is 0.321 e. The van der Waals surface area contributed by atoms with Gasteiger partial charge in [-0.2, -0.15) is 0 Å². The van der Waals surface area contributed by atoms with Crippen LogP contribution in [-0.4, -0.2) is 45.6 Å². The quantitative estimate of drug-likeness (QED) is 0.820. The van der Waals surface area contributed by atoms with Crippen molar-refractivity contribution < 1.29 is 9.53 Å². The molecule has 3 aliphatic rings. The van der Waals surface area contributed by atoms with E-state index in [0.29, 0.717) is 11.8 Å². The van der Waals surface area contributed by atoms with Gasteiger partial charge < -0.3 is 19.4 Å².